The van der Waals surface area contributed by atoms with Gasteiger partial charge in [-0.05, 0) is 49.0 Å². The van der Waals surface area contributed by atoms with Crippen LogP contribution in [-0.2, 0) is 0 Å². The largest absolute Gasteiger partial charge is 0.366 e. The Hall–Kier alpha value is -1.35. The molecule has 1 heterocycles. The highest BCUT2D eigenvalue weighted by Crippen LogP contribution is 2.32. The number of carbonyl (C=O) groups is 1. The van der Waals surface area contributed by atoms with Crippen molar-refractivity contribution < 1.29 is 4.79 Å². The van der Waals surface area contributed by atoms with Gasteiger partial charge in [0.2, 0.25) is 5.91 Å². The van der Waals surface area contributed by atoms with Gasteiger partial charge in [0.1, 0.15) is 0 Å². The van der Waals surface area contributed by atoms with Gasteiger partial charge in [0.15, 0.2) is 0 Å². The van der Waals surface area contributed by atoms with Crippen LogP contribution in [-0.4, -0.2) is 19.0 Å². The first kappa shape index (κ1) is 12.1. The third-order valence-corrected chi connectivity index (χ3v) is 3.76. The average molecular weight is 232 g/mol. The van der Waals surface area contributed by atoms with Crippen LogP contribution < -0.4 is 11.1 Å². The lowest BCUT2D eigenvalue weighted by molar-refractivity contribution is 0.100. The van der Waals surface area contributed by atoms with Crippen LogP contribution in [0.4, 0.5) is 0 Å². The van der Waals surface area contributed by atoms with E-state index in [4.69, 9.17) is 5.73 Å². The number of hydrogen-bond donors (Lipinski definition) is 2. The van der Waals surface area contributed by atoms with E-state index in [-0.39, 0.29) is 5.91 Å². The van der Waals surface area contributed by atoms with Gasteiger partial charge in [0.05, 0.1) is 0 Å². The Morgan fingerprint density at radius 1 is 1.41 bits per heavy atom. The molecule has 1 aliphatic rings. The summed E-state index contributed by atoms with van der Waals surface area (Å²) in [6.45, 7) is 4.42. The molecule has 2 rings (SSSR count). The van der Waals surface area contributed by atoms with Gasteiger partial charge in [-0.15, -0.1) is 0 Å². The van der Waals surface area contributed by atoms with Crippen molar-refractivity contribution in [3.8, 4) is 0 Å². The number of carbonyl (C=O) groups excluding carboxylic acids is 1. The van der Waals surface area contributed by atoms with Gasteiger partial charge in [0.25, 0.3) is 0 Å². The number of primary amides is 1. The van der Waals surface area contributed by atoms with Gasteiger partial charge in [-0.2, -0.15) is 0 Å². The molecule has 1 aromatic carbocycles. The predicted molar refractivity (Wildman–Crippen MR) is 69.0 cm³/mol. The highest BCUT2D eigenvalue weighted by Gasteiger charge is 2.24. The molecule has 0 radical (unpaired) electrons. The summed E-state index contributed by atoms with van der Waals surface area (Å²) in [6.07, 6.45) is 2.36. The lowest BCUT2D eigenvalue weighted by Gasteiger charge is -2.32. The van der Waals surface area contributed by atoms with Crippen LogP contribution >= 0.6 is 0 Å². The van der Waals surface area contributed by atoms with E-state index in [9.17, 15) is 4.79 Å². The van der Waals surface area contributed by atoms with Crippen molar-refractivity contribution in [1.29, 1.82) is 0 Å². The van der Waals surface area contributed by atoms with E-state index in [0.717, 1.165) is 13.1 Å². The topological polar surface area (TPSA) is 55.1 Å². The van der Waals surface area contributed by atoms with Crippen LogP contribution in [0.15, 0.2) is 24.3 Å². The van der Waals surface area contributed by atoms with Crippen molar-refractivity contribution >= 4 is 5.91 Å². The second-order valence-electron chi connectivity index (χ2n) is 4.75. The molecular formula is C14H20N2O. The zero-order chi connectivity index (χ0) is 12.3. The normalized spacial score (nSPS) is 24.5. The average Bonchev–Trinajstić information content (AvgIpc) is 2.39. The van der Waals surface area contributed by atoms with Crippen LogP contribution in [0.3, 0.4) is 0 Å². The van der Waals surface area contributed by atoms with E-state index in [1.165, 1.54) is 18.4 Å². The maximum Gasteiger partial charge on any atom is 0.248 e. The standard InChI is InChI=1S/C14H20N2O/c1-2-10-9-16-8-7-13(10)11-3-5-12(6-4-11)14(15)17/h3-6,10,13,16H,2,7-9H2,1H3,(H2,15,17). The third kappa shape index (κ3) is 2.67. The Bertz CT molecular complexity index is 386. The maximum absolute atomic E-state index is 11.0. The fraction of sp³-hybridized carbons (Fsp3) is 0.500. The Morgan fingerprint density at radius 3 is 2.71 bits per heavy atom. The Morgan fingerprint density at radius 2 is 2.12 bits per heavy atom. The van der Waals surface area contributed by atoms with E-state index in [2.05, 4.69) is 24.4 Å². The number of amides is 1. The molecule has 2 atom stereocenters. The highest BCUT2D eigenvalue weighted by atomic mass is 16.1. The summed E-state index contributed by atoms with van der Waals surface area (Å²) in [5.41, 5.74) is 7.18. The third-order valence-electron chi connectivity index (χ3n) is 3.76. The fourth-order valence-corrected chi connectivity index (χ4v) is 2.69. The molecular weight excluding hydrogens is 212 g/mol. The van der Waals surface area contributed by atoms with Crippen LogP contribution in [0.25, 0.3) is 0 Å². The van der Waals surface area contributed by atoms with Crippen molar-refractivity contribution in [2.75, 3.05) is 13.1 Å². The minimum absolute atomic E-state index is 0.353. The summed E-state index contributed by atoms with van der Waals surface area (Å²) in [5, 5.41) is 3.44. The summed E-state index contributed by atoms with van der Waals surface area (Å²) in [4.78, 5) is 11.0. The molecule has 2 unspecified atom stereocenters. The van der Waals surface area contributed by atoms with Gasteiger partial charge < -0.3 is 11.1 Å². The molecule has 1 aromatic rings. The fourth-order valence-electron chi connectivity index (χ4n) is 2.69. The molecule has 3 heteroatoms. The second-order valence-corrected chi connectivity index (χ2v) is 4.75. The molecule has 3 N–H and O–H groups in total. The van der Waals surface area contributed by atoms with Crippen molar-refractivity contribution in [3.05, 3.63) is 35.4 Å². The van der Waals surface area contributed by atoms with Crippen molar-refractivity contribution in [2.24, 2.45) is 11.7 Å². The lowest BCUT2D eigenvalue weighted by Crippen LogP contribution is -2.35. The first-order chi connectivity index (χ1) is 8.22. The molecule has 92 valence electrons. The summed E-state index contributed by atoms with van der Waals surface area (Å²) < 4.78 is 0. The van der Waals surface area contributed by atoms with E-state index in [0.29, 0.717) is 17.4 Å². The van der Waals surface area contributed by atoms with E-state index < -0.39 is 0 Å². The van der Waals surface area contributed by atoms with Gasteiger partial charge >= 0.3 is 0 Å². The van der Waals surface area contributed by atoms with Crippen LogP contribution in [0.2, 0.25) is 0 Å². The quantitative estimate of drug-likeness (QED) is 0.836. The summed E-state index contributed by atoms with van der Waals surface area (Å²) in [6, 6.07) is 7.79. The maximum atomic E-state index is 11.0. The lowest BCUT2D eigenvalue weighted by atomic mass is 9.79. The molecule has 0 spiro atoms. The van der Waals surface area contributed by atoms with E-state index in [1.54, 1.807) is 0 Å². The first-order valence-electron chi connectivity index (χ1n) is 6.33. The number of piperidine rings is 1. The van der Waals surface area contributed by atoms with E-state index >= 15 is 0 Å². The summed E-state index contributed by atoms with van der Waals surface area (Å²) in [5.74, 6) is 0.959. The number of rotatable bonds is 3. The Labute approximate surface area is 102 Å². The van der Waals surface area contributed by atoms with Gasteiger partial charge in [-0.3, -0.25) is 4.79 Å². The molecule has 1 saturated heterocycles. The van der Waals surface area contributed by atoms with Gasteiger partial charge in [0, 0.05) is 5.56 Å². The smallest absolute Gasteiger partial charge is 0.248 e. The molecule has 0 aromatic heterocycles. The zero-order valence-electron chi connectivity index (χ0n) is 10.3. The SMILES string of the molecule is CCC1CNCCC1c1ccc(C(N)=O)cc1. The monoisotopic (exact) mass is 232 g/mol. The van der Waals surface area contributed by atoms with E-state index in [1.807, 2.05) is 12.1 Å². The van der Waals surface area contributed by atoms with Crippen LogP contribution in [0.1, 0.15) is 41.6 Å². The molecule has 0 saturated carbocycles. The van der Waals surface area contributed by atoms with Crippen molar-refractivity contribution in [2.45, 2.75) is 25.7 Å². The number of hydrogen-bond acceptors (Lipinski definition) is 2. The van der Waals surface area contributed by atoms with Gasteiger partial charge in [-0.25, -0.2) is 0 Å². The molecule has 1 fully saturated rings. The van der Waals surface area contributed by atoms with Gasteiger partial charge in [-0.1, -0.05) is 25.5 Å². The molecule has 1 aliphatic heterocycles. The zero-order valence-corrected chi connectivity index (χ0v) is 10.3. The minimum atomic E-state index is -0.353. The highest BCUT2D eigenvalue weighted by molar-refractivity contribution is 5.92. The molecule has 0 aliphatic carbocycles. The first-order valence-corrected chi connectivity index (χ1v) is 6.33. The number of benzene rings is 1. The second kappa shape index (κ2) is 5.32. The molecule has 3 nitrogen and oxygen atoms in total. The van der Waals surface area contributed by atoms with Crippen molar-refractivity contribution in [3.63, 3.8) is 0 Å². The Balaban J connectivity index is 2.17. The summed E-state index contributed by atoms with van der Waals surface area (Å²) >= 11 is 0. The molecule has 1 amide bonds. The molecule has 0 bridgehead atoms. The minimum Gasteiger partial charge on any atom is -0.366 e. The van der Waals surface area contributed by atoms with Crippen molar-refractivity contribution in [1.82, 2.24) is 5.32 Å². The summed E-state index contributed by atoms with van der Waals surface area (Å²) in [7, 11) is 0. The number of nitrogens with two attached hydrogens (primary N) is 1. The predicted octanol–water partition coefficient (Wildman–Crippen LogP) is 1.89. The molecule has 17 heavy (non-hydrogen) atoms. The van der Waals surface area contributed by atoms with Crippen LogP contribution in [0, 0.1) is 5.92 Å². The van der Waals surface area contributed by atoms with Crippen LogP contribution in [0.5, 0.6) is 0 Å². The Kier molecular flexibility index (Phi) is 3.79. The number of nitrogens with one attached hydrogen (secondary N) is 1.